The fraction of sp³-hybridized carbons (Fsp3) is 0.111. The topological polar surface area (TPSA) is 64.6 Å². The van der Waals surface area contributed by atoms with Crippen LogP contribution in [0.5, 0.6) is 0 Å². The highest BCUT2D eigenvalue weighted by atomic mass is 79.9. The van der Waals surface area contributed by atoms with Crippen LogP contribution in [0.2, 0.25) is 0 Å². The van der Waals surface area contributed by atoms with Crippen molar-refractivity contribution in [1.29, 1.82) is 0 Å². The summed E-state index contributed by atoms with van der Waals surface area (Å²) in [4.78, 5) is 24.2. The van der Waals surface area contributed by atoms with Crippen LogP contribution >= 0.6 is 15.9 Å². The van der Waals surface area contributed by atoms with Crippen LogP contribution in [-0.4, -0.2) is 18.4 Å². The van der Waals surface area contributed by atoms with Crippen molar-refractivity contribution in [3.63, 3.8) is 0 Å². The second-order valence-electron chi connectivity index (χ2n) is 5.22. The van der Waals surface area contributed by atoms with Crippen molar-refractivity contribution in [2.45, 2.75) is 6.61 Å². The van der Waals surface area contributed by atoms with Gasteiger partial charge in [0.25, 0.3) is 0 Å². The summed E-state index contributed by atoms with van der Waals surface area (Å²) in [7, 11) is 0. The van der Waals surface area contributed by atoms with E-state index in [0.29, 0.717) is 10.2 Å². The van der Waals surface area contributed by atoms with Gasteiger partial charge in [-0.05, 0) is 24.3 Å². The van der Waals surface area contributed by atoms with E-state index in [-0.39, 0.29) is 30.2 Å². The molecule has 0 atom stereocenters. The third-order valence-corrected chi connectivity index (χ3v) is 3.96. The van der Waals surface area contributed by atoms with Gasteiger partial charge in [0.2, 0.25) is 11.7 Å². The van der Waals surface area contributed by atoms with E-state index in [0.717, 1.165) is 0 Å². The monoisotopic (exact) mass is 405 g/mol. The molecular weight excluding hydrogens is 393 g/mol. The number of rotatable bonds is 5. The van der Waals surface area contributed by atoms with Crippen molar-refractivity contribution >= 4 is 33.4 Å². The van der Waals surface area contributed by atoms with Gasteiger partial charge in [0.05, 0.1) is 0 Å². The Balaban J connectivity index is 1.74. The van der Waals surface area contributed by atoms with Gasteiger partial charge in [0, 0.05) is 15.7 Å². The fourth-order valence-electron chi connectivity index (χ4n) is 2.22. The Morgan fingerprint density at radius 2 is 2.00 bits per heavy atom. The highest BCUT2D eigenvalue weighted by Gasteiger charge is 2.32. The predicted molar refractivity (Wildman–Crippen MR) is 91.9 cm³/mol. The van der Waals surface area contributed by atoms with Crippen molar-refractivity contribution in [3.8, 4) is 0 Å². The van der Waals surface area contributed by atoms with Crippen LogP contribution in [0.3, 0.4) is 0 Å². The second kappa shape index (κ2) is 7.48. The average Bonchev–Trinajstić information content (AvgIpc) is 2.95. The zero-order valence-electron chi connectivity index (χ0n) is 12.9. The first kappa shape index (κ1) is 17.2. The van der Waals surface area contributed by atoms with Gasteiger partial charge in [-0.25, -0.2) is 9.18 Å². The van der Waals surface area contributed by atoms with E-state index < -0.39 is 17.6 Å². The third-order valence-electron chi connectivity index (χ3n) is 3.46. The molecule has 5 nitrogen and oxygen atoms in total. The van der Waals surface area contributed by atoms with Gasteiger partial charge < -0.3 is 14.8 Å². The summed E-state index contributed by atoms with van der Waals surface area (Å²) in [6.07, 6.45) is 0. The lowest BCUT2D eigenvalue weighted by molar-refractivity contribution is -0.141. The maximum absolute atomic E-state index is 13.8. The molecule has 1 aliphatic rings. The number of benzene rings is 2. The van der Waals surface area contributed by atoms with Gasteiger partial charge in [0.1, 0.15) is 12.4 Å². The van der Waals surface area contributed by atoms with Crippen LogP contribution in [0.25, 0.3) is 0 Å². The minimum atomic E-state index is -0.858. The Labute approximate surface area is 151 Å². The first-order valence-corrected chi connectivity index (χ1v) is 8.17. The number of hydrogen-bond donors (Lipinski definition) is 1. The summed E-state index contributed by atoms with van der Waals surface area (Å²) in [5, 5.41) is 2.87. The summed E-state index contributed by atoms with van der Waals surface area (Å²) in [5.41, 5.74) is 0.666. The van der Waals surface area contributed by atoms with Crippen LogP contribution in [0.4, 0.5) is 10.1 Å². The van der Waals surface area contributed by atoms with E-state index in [1.807, 2.05) is 6.07 Å². The molecule has 3 rings (SSSR count). The molecule has 2 aromatic carbocycles. The number of Topliss-reactive ketones (excluding diaryl/α,β-unsaturated/α-hetero) is 1. The summed E-state index contributed by atoms with van der Waals surface area (Å²) in [6, 6.07) is 13.4. The van der Waals surface area contributed by atoms with E-state index >= 15 is 0 Å². The number of carbonyl (C=O) groups is 2. The molecule has 0 spiro atoms. The minimum absolute atomic E-state index is 0.0393. The number of carbonyl (C=O) groups excluding carboxylic acids is 2. The van der Waals surface area contributed by atoms with E-state index in [4.69, 9.17) is 9.47 Å². The number of ether oxygens (including phenoxy) is 2. The Morgan fingerprint density at radius 3 is 2.72 bits per heavy atom. The molecule has 0 radical (unpaired) electrons. The third kappa shape index (κ3) is 4.06. The van der Waals surface area contributed by atoms with E-state index in [1.54, 1.807) is 30.3 Å². The number of hydrogen-bond acceptors (Lipinski definition) is 5. The van der Waals surface area contributed by atoms with Gasteiger partial charge in [-0.1, -0.05) is 40.2 Å². The van der Waals surface area contributed by atoms with Crippen LogP contribution in [0, 0.1) is 5.82 Å². The first-order valence-electron chi connectivity index (χ1n) is 7.38. The number of esters is 1. The molecule has 1 N–H and O–H groups in total. The van der Waals surface area contributed by atoms with Gasteiger partial charge in [-0.3, -0.25) is 4.79 Å². The molecule has 7 heteroatoms. The maximum atomic E-state index is 13.8. The first-order chi connectivity index (χ1) is 12.0. The SMILES string of the molecule is O=C1COC(Nc2ccccc2)=C1C(=O)OCc1ccc(Br)cc1F. The molecule has 0 bridgehead atoms. The average molecular weight is 406 g/mol. The zero-order valence-corrected chi connectivity index (χ0v) is 14.5. The Hall–Kier alpha value is -2.67. The summed E-state index contributed by atoms with van der Waals surface area (Å²) >= 11 is 3.15. The quantitative estimate of drug-likeness (QED) is 0.608. The number of para-hydroxylation sites is 1. The standard InChI is InChI=1S/C18H13BrFNO4/c19-12-7-6-11(14(20)8-12)9-25-18(23)16-15(22)10-24-17(16)21-13-4-2-1-3-5-13/h1-8,21H,9-10H2. The Bertz CT molecular complexity index is 851. The molecule has 0 aromatic heterocycles. The largest absolute Gasteiger partial charge is 0.470 e. The van der Waals surface area contributed by atoms with Crippen molar-refractivity contribution in [2.24, 2.45) is 0 Å². The van der Waals surface area contributed by atoms with Crippen LogP contribution in [0.15, 0.2) is 64.5 Å². The number of halogens is 2. The zero-order chi connectivity index (χ0) is 17.8. The summed E-state index contributed by atoms with van der Waals surface area (Å²) < 4.78 is 24.7. The molecule has 2 aromatic rings. The number of ketones is 1. The molecule has 0 amide bonds. The van der Waals surface area contributed by atoms with Gasteiger partial charge in [-0.15, -0.1) is 0 Å². The molecule has 0 saturated carbocycles. The Kier molecular flexibility index (Phi) is 5.14. The van der Waals surface area contributed by atoms with Crippen molar-refractivity contribution in [3.05, 3.63) is 75.8 Å². The van der Waals surface area contributed by atoms with Crippen LogP contribution < -0.4 is 5.32 Å². The molecule has 128 valence electrons. The Morgan fingerprint density at radius 1 is 1.24 bits per heavy atom. The van der Waals surface area contributed by atoms with E-state index in [2.05, 4.69) is 21.2 Å². The number of anilines is 1. The van der Waals surface area contributed by atoms with Crippen molar-refractivity contribution < 1.29 is 23.5 Å². The molecule has 0 saturated heterocycles. The molecule has 25 heavy (non-hydrogen) atoms. The highest BCUT2D eigenvalue weighted by Crippen LogP contribution is 2.22. The molecule has 1 aliphatic heterocycles. The van der Waals surface area contributed by atoms with Crippen LogP contribution in [0.1, 0.15) is 5.56 Å². The molecule has 0 aliphatic carbocycles. The van der Waals surface area contributed by atoms with Crippen LogP contribution in [-0.2, 0) is 25.7 Å². The lowest BCUT2D eigenvalue weighted by Gasteiger charge is -2.09. The summed E-state index contributed by atoms with van der Waals surface area (Å²) in [6.45, 7) is -0.528. The van der Waals surface area contributed by atoms with Crippen molar-refractivity contribution in [1.82, 2.24) is 0 Å². The van der Waals surface area contributed by atoms with E-state index in [1.165, 1.54) is 12.1 Å². The van der Waals surface area contributed by atoms with E-state index in [9.17, 15) is 14.0 Å². The summed E-state index contributed by atoms with van der Waals surface area (Å²) in [5.74, 6) is -1.81. The lowest BCUT2D eigenvalue weighted by atomic mass is 10.2. The van der Waals surface area contributed by atoms with Crippen molar-refractivity contribution in [2.75, 3.05) is 11.9 Å². The van der Waals surface area contributed by atoms with Gasteiger partial charge in [0.15, 0.2) is 12.2 Å². The second-order valence-corrected chi connectivity index (χ2v) is 6.13. The molecule has 0 unspecified atom stereocenters. The maximum Gasteiger partial charge on any atom is 0.347 e. The van der Waals surface area contributed by atoms with Gasteiger partial charge >= 0.3 is 5.97 Å². The molecular formula is C18H13BrFNO4. The van der Waals surface area contributed by atoms with Gasteiger partial charge in [-0.2, -0.15) is 0 Å². The fourth-order valence-corrected chi connectivity index (χ4v) is 2.55. The molecule has 1 heterocycles. The number of nitrogens with one attached hydrogen (secondary N) is 1. The highest BCUT2D eigenvalue weighted by molar-refractivity contribution is 9.10. The smallest absolute Gasteiger partial charge is 0.347 e. The minimum Gasteiger partial charge on any atom is -0.470 e. The lowest BCUT2D eigenvalue weighted by Crippen LogP contribution is -2.16. The normalized spacial score (nSPS) is 13.6. The molecule has 0 fully saturated rings. The predicted octanol–water partition coefficient (Wildman–Crippen LogP) is 3.55.